The van der Waals surface area contributed by atoms with Crippen LogP contribution in [0.25, 0.3) is 0 Å². The Hall–Kier alpha value is -3.09. The zero-order valence-electron chi connectivity index (χ0n) is 63.0. The summed E-state index contributed by atoms with van der Waals surface area (Å²) in [6.07, 6.45) is 80.1. The molecule has 0 bridgehead atoms. The van der Waals surface area contributed by atoms with Crippen molar-refractivity contribution < 1.29 is 64.6 Å². The van der Waals surface area contributed by atoms with E-state index in [1.165, 1.54) is 205 Å². The number of hydrogen-bond donors (Lipinski definition) is 9. The molecule has 0 spiro atoms. The van der Waals surface area contributed by atoms with E-state index >= 15 is 0 Å². The summed E-state index contributed by atoms with van der Waals surface area (Å²) < 4.78 is 23.0. The van der Waals surface area contributed by atoms with Crippen molar-refractivity contribution in [3.8, 4) is 0 Å². The summed E-state index contributed by atoms with van der Waals surface area (Å²) in [5.74, 6) is -0.214. The third-order valence-corrected chi connectivity index (χ3v) is 19.6. The van der Waals surface area contributed by atoms with Gasteiger partial charge in [0.05, 0.1) is 32.0 Å². The first kappa shape index (κ1) is 92.0. The van der Waals surface area contributed by atoms with E-state index < -0.39 is 86.8 Å². The second-order valence-electron chi connectivity index (χ2n) is 28.5. The van der Waals surface area contributed by atoms with Gasteiger partial charge in [0.25, 0.3) is 0 Å². The van der Waals surface area contributed by atoms with Gasteiger partial charge < -0.3 is 65.1 Å². The fourth-order valence-corrected chi connectivity index (χ4v) is 13.1. The number of ether oxygens (including phenoxy) is 4. The molecule has 2 saturated heterocycles. The molecule has 1 amide bonds. The molecule has 9 N–H and O–H groups in total. The number of amides is 1. The second-order valence-corrected chi connectivity index (χ2v) is 28.5. The minimum atomic E-state index is -1.79. The predicted octanol–water partition coefficient (Wildman–Crippen LogP) is 18.9. The quantitative estimate of drug-likeness (QED) is 0.0204. The van der Waals surface area contributed by atoms with E-state index in [0.29, 0.717) is 12.8 Å². The monoisotopic (exact) mass is 1390 g/mol. The highest BCUT2D eigenvalue weighted by atomic mass is 16.7. The summed E-state index contributed by atoms with van der Waals surface area (Å²) in [6, 6.07) is -0.843. The van der Waals surface area contributed by atoms with Crippen molar-refractivity contribution in [2.75, 3.05) is 19.8 Å². The van der Waals surface area contributed by atoms with Crippen LogP contribution in [-0.2, 0) is 23.7 Å². The van der Waals surface area contributed by atoms with Gasteiger partial charge in [-0.3, -0.25) is 4.79 Å². The molecule has 2 aliphatic heterocycles. The highest BCUT2D eigenvalue weighted by molar-refractivity contribution is 5.76. The number of carbonyl (C=O) groups excluding carboxylic acids is 1. The first-order chi connectivity index (χ1) is 48.6. The molecule has 0 aliphatic carbocycles. The van der Waals surface area contributed by atoms with Gasteiger partial charge in [0, 0.05) is 6.42 Å². The van der Waals surface area contributed by atoms with Gasteiger partial charge in [-0.15, -0.1) is 0 Å². The van der Waals surface area contributed by atoms with Crippen LogP contribution >= 0.6 is 0 Å². The van der Waals surface area contributed by atoms with Crippen LogP contribution < -0.4 is 5.32 Å². The molecule has 0 radical (unpaired) electrons. The van der Waals surface area contributed by atoms with Gasteiger partial charge in [0.15, 0.2) is 12.6 Å². The zero-order valence-corrected chi connectivity index (χ0v) is 63.0. The lowest BCUT2D eigenvalue weighted by Crippen LogP contribution is -2.65. The average molecular weight is 1400 g/mol. The smallest absolute Gasteiger partial charge is 0.220 e. The van der Waals surface area contributed by atoms with Crippen LogP contribution in [0.2, 0.25) is 0 Å². The Balaban J connectivity index is 1.62. The van der Waals surface area contributed by atoms with Crippen molar-refractivity contribution in [3.63, 3.8) is 0 Å². The molecule has 2 rings (SSSR count). The Labute approximate surface area is 604 Å². The van der Waals surface area contributed by atoms with E-state index in [-0.39, 0.29) is 18.9 Å². The topological polar surface area (TPSA) is 228 Å². The first-order valence-electron chi connectivity index (χ1n) is 41.0. The van der Waals surface area contributed by atoms with Crippen LogP contribution in [0.15, 0.2) is 97.2 Å². The first-order valence-corrected chi connectivity index (χ1v) is 41.0. The molecule has 0 aromatic rings. The maximum atomic E-state index is 13.4. The Bertz CT molecular complexity index is 2040. The molecule has 2 heterocycles. The van der Waals surface area contributed by atoms with Crippen molar-refractivity contribution >= 4 is 5.91 Å². The maximum Gasteiger partial charge on any atom is 0.220 e. The second kappa shape index (κ2) is 68.0. The van der Waals surface area contributed by atoms with Gasteiger partial charge in [-0.2, -0.15) is 0 Å². The molecule has 14 heteroatoms. The number of nitrogens with one attached hydrogen (secondary N) is 1. The summed E-state index contributed by atoms with van der Waals surface area (Å²) in [6.45, 7) is 2.78. The van der Waals surface area contributed by atoms with E-state index in [1.54, 1.807) is 0 Å². The Morgan fingerprint density at radius 1 is 0.374 bits per heavy atom. The molecule has 12 atom stereocenters. The van der Waals surface area contributed by atoms with E-state index in [2.05, 4.69) is 116 Å². The number of allylic oxidation sites excluding steroid dienone is 16. The normalized spacial score (nSPS) is 22.4. The lowest BCUT2D eigenvalue weighted by molar-refractivity contribution is -0.359. The molecule has 574 valence electrons. The van der Waals surface area contributed by atoms with Gasteiger partial charge in [-0.1, -0.05) is 355 Å². The van der Waals surface area contributed by atoms with Crippen LogP contribution in [0.4, 0.5) is 0 Å². The Kier molecular flexibility index (Phi) is 63.2. The SMILES string of the molecule is CC/C=C\C/C=C\C/C=C\C/C=C\C/C=C\C/C=C\C/C=C\C/C=C\CCCCCCCCCCC(=O)NC(COC1OC(CO)C(OC2OC(CO)C(O)C(O)C2O)C(O)C1O)C(O)CCCCCCCCCCCCCCCCCCCCCCCCCCCCCCCCCC. The molecule has 12 unspecified atom stereocenters. The van der Waals surface area contributed by atoms with Crippen LogP contribution in [0.3, 0.4) is 0 Å². The molecule has 99 heavy (non-hydrogen) atoms. The lowest BCUT2D eigenvalue weighted by atomic mass is 9.97. The Morgan fingerprint density at radius 2 is 0.697 bits per heavy atom. The summed E-state index contributed by atoms with van der Waals surface area (Å²) >= 11 is 0. The van der Waals surface area contributed by atoms with Crippen molar-refractivity contribution in [3.05, 3.63) is 97.2 Å². The zero-order chi connectivity index (χ0) is 71.5. The van der Waals surface area contributed by atoms with Crippen LogP contribution in [-0.4, -0.2) is 140 Å². The molecule has 2 fully saturated rings. The number of rotatable bonds is 68. The van der Waals surface area contributed by atoms with Gasteiger partial charge in [-0.05, 0) is 77.0 Å². The summed E-state index contributed by atoms with van der Waals surface area (Å²) in [5.41, 5.74) is 0. The number of aliphatic hydroxyl groups excluding tert-OH is 8. The number of unbranched alkanes of at least 4 members (excludes halogenated alkanes) is 39. The summed E-state index contributed by atoms with van der Waals surface area (Å²) in [5, 5.41) is 87.9. The molecule has 0 saturated carbocycles. The summed E-state index contributed by atoms with van der Waals surface area (Å²) in [7, 11) is 0. The number of carbonyl (C=O) groups is 1. The van der Waals surface area contributed by atoms with Crippen LogP contribution in [0, 0.1) is 0 Å². The lowest BCUT2D eigenvalue weighted by Gasteiger charge is -2.46. The maximum absolute atomic E-state index is 13.4. The van der Waals surface area contributed by atoms with Crippen molar-refractivity contribution in [2.45, 2.75) is 415 Å². The largest absolute Gasteiger partial charge is 0.394 e. The van der Waals surface area contributed by atoms with Gasteiger partial charge in [0.1, 0.15) is 48.8 Å². The third-order valence-electron chi connectivity index (χ3n) is 19.6. The average Bonchev–Trinajstić information content (AvgIpc) is 0.793. The van der Waals surface area contributed by atoms with Gasteiger partial charge in [0.2, 0.25) is 5.91 Å². The Morgan fingerprint density at radius 3 is 1.07 bits per heavy atom. The molecular formula is C85H151NO13. The highest BCUT2D eigenvalue weighted by Crippen LogP contribution is 2.30. The van der Waals surface area contributed by atoms with Crippen LogP contribution in [0.1, 0.15) is 341 Å². The van der Waals surface area contributed by atoms with E-state index in [4.69, 9.17) is 18.9 Å². The van der Waals surface area contributed by atoms with E-state index in [0.717, 1.165) is 103 Å². The third kappa shape index (κ3) is 50.9. The summed E-state index contributed by atoms with van der Waals surface area (Å²) in [4.78, 5) is 13.4. The van der Waals surface area contributed by atoms with Crippen molar-refractivity contribution in [2.24, 2.45) is 0 Å². The number of aliphatic hydroxyl groups is 8. The predicted molar refractivity (Wildman–Crippen MR) is 410 cm³/mol. The van der Waals surface area contributed by atoms with Crippen LogP contribution in [0.5, 0.6) is 0 Å². The molecule has 0 aromatic carbocycles. The highest BCUT2D eigenvalue weighted by Gasteiger charge is 2.51. The van der Waals surface area contributed by atoms with Gasteiger partial charge in [-0.25, -0.2) is 0 Å². The molecule has 2 aliphatic rings. The minimum Gasteiger partial charge on any atom is -0.394 e. The van der Waals surface area contributed by atoms with Crippen molar-refractivity contribution in [1.29, 1.82) is 0 Å². The van der Waals surface area contributed by atoms with E-state index in [1.807, 2.05) is 0 Å². The van der Waals surface area contributed by atoms with Crippen molar-refractivity contribution in [1.82, 2.24) is 5.32 Å². The number of hydrogen-bond acceptors (Lipinski definition) is 13. The fraction of sp³-hybridized carbons (Fsp3) is 0.800. The van der Waals surface area contributed by atoms with Gasteiger partial charge >= 0.3 is 0 Å². The minimum absolute atomic E-state index is 0.214. The molecule has 0 aromatic heterocycles. The standard InChI is InChI=1S/C85H151NO13/c1-3-5-7-9-11-13-15-17-19-21-23-25-27-29-31-33-35-37-39-41-43-45-47-49-51-53-55-57-59-61-63-65-67-69-77(90)86-73(72-96-84-82(95)80(93)83(76(71-88)98-84)99-85-81(94)79(92)78(91)75(70-87)97-85)74(89)68-66-64-62-60-58-56-54-52-50-48-46-44-42-40-38-36-34-32-30-28-26-24-22-20-18-16-14-12-10-8-6-4-2/h5,7,11,13,17,19,23,25,29,31,35,37,41,43,47,49,73-76,78-85,87-89,91-95H,3-4,6,8-10,12,14-16,18,20-22,24,26-28,30,32-34,36,38-40,42,44-46,48,50-72H2,1-2H3,(H,86,90)/b7-5-,13-11-,19-17-,25-23-,31-29-,37-35-,43-41-,49-47-. The fourth-order valence-electron chi connectivity index (χ4n) is 13.1. The van der Waals surface area contributed by atoms with E-state index in [9.17, 15) is 45.6 Å². The molecule has 14 nitrogen and oxygen atoms in total. The molecular weight excluding hydrogens is 1240 g/mol.